The zero-order valence-electron chi connectivity index (χ0n) is 20.0. The third-order valence-electron chi connectivity index (χ3n) is 5.51. The van der Waals surface area contributed by atoms with E-state index in [1.807, 2.05) is 24.4 Å². The number of carboxylic acids is 2. The first-order valence-electron chi connectivity index (χ1n) is 11.6. The summed E-state index contributed by atoms with van der Waals surface area (Å²) in [6.45, 7) is 3.03. The molecule has 2 heterocycles. The number of fused-ring (bicyclic) bond motifs is 1. The van der Waals surface area contributed by atoms with Crippen LogP contribution in [0.25, 0.3) is 10.9 Å². The van der Waals surface area contributed by atoms with Crippen molar-refractivity contribution in [2.45, 2.75) is 24.9 Å². The number of benzene rings is 2. The van der Waals surface area contributed by atoms with Crippen LogP contribution in [0.1, 0.15) is 29.9 Å². The Bertz CT molecular complexity index is 1270. The van der Waals surface area contributed by atoms with Crippen molar-refractivity contribution in [2.75, 3.05) is 26.2 Å². The third kappa shape index (κ3) is 8.11. The fourth-order valence-corrected chi connectivity index (χ4v) is 3.77. The van der Waals surface area contributed by atoms with Gasteiger partial charge in [-0.1, -0.05) is 12.1 Å². The number of ether oxygens (including phenoxy) is 1. The number of guanidine groups is 1. The molecule has 0 amide bonds. The lowest BCUT2D eigenvalue weighted by Crippen LogP contribution is -2.34. The smallest absolute Gasteiger partial charge is 0.490 e. The number of nitrogens with zero attached hydrogens (tertiary/aromatic N) is 1. The van der Waals surface area contributed by atoms with Gasteiger partial charge in [-0.2, -0.15) is 13.2 Å². The minimum Gasteiger partial charge on any atom is -0.493 e. The number of nitrogens with one attached hydrogen (secondary N) is 3. The highest BCUT2D eigenvalue weighted by atomic mass is 19.4. The maximum absolute atomic E-state index is 13.3. The summed E-state index contributed by atoms with van der Waals surface area (Å²) in [6.07, 6.45) is -2.51. The molecular formula is C25H26F4N4O5. The molecule has 0 fully saturated rings. The Balaban J connectivity index is 0.000000505. The first-order chi connectivity index (χ1) is 18.0. The van der Waals surface area contributed by atoms with E-state index in [4.69, 9.17) is 14.6 Å². The summed E-state index contributed by atoms with van der Waals surface area (Å²) in [6, 6.07) is 11.7. The number of H-pyrrole nitrogens is 1. The number of carbonyl (C=O) groups is 2. The number of hydrogen-bond acceptors (Lipinski definition) is 6. The summed E-state index contributed by atoms with van der Waals surface area (Å²) < 4.78 is 50.9. The van der Waals surface area contributed by atoms with Crippen molar-refractivity contribution < 1.29 is 42.1 Å². The number of aliphatic carboxylic acids is 2. The molecule has 0 saturated carbocycles. The van der Waals surface area contributed by atoms with Gasteiger partial charge < -0.3 is 30.6 Å². The molecule has 0 aliphatic carbocycles. The van der Waals surface area contributed by atoms with Crippen LogP contribution < -0.4 is 15.4 Å². The molecule has 0 radical (unpaired) electrons. The fraction of sp³-hybridized carbons (Fsp3) is 0.320. The van der Waals surface area contributed by atoms with Crippen molar-refractivity contribution >= 4 is 28.8 Å². The number of carboxylic acid groups (broad SMARTS) is 2. The van der Waals surface area contributed by atoms with Crippen molar-refractivity contribution in [1.82, 2.24) is 15.6 Å². The number of rotatable bonds is 9. The van der Waals surface area contributed by atoms with Crippen LogP contribution in [0.5, 0.6) is 5.75 Å². The zero-order chi connectivity index (χ0) is 27.7. The summed E-state index contributed by atoms with van der Waals surface area (Å²) >= 11 is 0. The van der Waals surface area contributed by atoms with Crippen LogP contribution >= 0.6 is 0 Å². The highest BCUT2D eigenvalue weighted by Crippen LogP contribution is 2.34. The molecule has 4 rings (SSSR count). The molecule has 1 atom stereocenters. The van der Waals surface area contributed by atoms with E-state index in [0.29, 0.717) is 6.61 Å². The molecule has 2 aromatic carbocycles. The predicted molar refractivity (Wildman–Crippen MR) is 131 cm³/mol. The summed E-state index contributed by atoms with van der Waals surface area (Å²) in [7, 11) is 0. The van der Waals surface area contributed by atoms with Gasteiger partial charge in [-0.15, -0.1) is 0 Å². The van der Waals surface area contributed by atoms with Crippen LogP contribution in [-0.4, -0.2) is 65.5 Å². The monoisotopic (exact) mass is 538 g/mol. The summed E-state index contributed by atoms with van der Waals surface area (Å²) in [5, 5.41) is 23.8. The van der Waals surface area contributed by atoms with Crippen LogP contribution in [0, 0.1) is 5.82 Å². The standard InChI is InChI=1S/C23H25FN4O3.C2HF3O2/c24-16-4-2-15(3-5-16)19(13-22(29)30)20-14-28-21-12-17(6-7-18(20)21)31-11-1-8-25-23-26-9-10-27-23;3-2(4,5)1(6)7/h2-7,12,14,19,28H,1,8-11,13H2,(H,29,30)(H2,25,26,27);(H,6,7). The van der Waals surface area contributed by atoms with Gasteiger partial charge in [-0.3, -0.25) is 9.79 Å². The van der Waals surface area contributed by atoms with Gasteiger partial charge in [0.25, 0.3) is 0 Å². The molecular weight excluding hydrogens is 512 g/mol. The number of aliphatic imine (C=N–C) groups is 1. The number of alkyl halides is 3. The second-order valence-corrected chi connectivity index (χ2v) is 8.24. The SMILES string of the molecule is O=C(O)C(F)(F)F.O=C(O)CC(c1ccc(F)cc1)c1c[nH]c2cc(OCCCNC3=NCCN3)ccc12. The first-order valence-corrected chi connectivity index (χ1v) is 11.6. The Labute approximate surface area is 214 Å². The van der Waals surface area contributed by atoms with E-state index >= 15 is 0 Å². The molecule has 1 aromatic heterocycles. The van der Waals surface area contributed by atoms with Crippen LogP contribution in [-0.2, 0) is 9.59 Å². The van der Waals surface area contributed by atoms with Gasteiger partial charge in [-0.05, 0) is 41.8 Å². The van der Waals surface area contributed by atoms with Gasteiger partial charge in [0.2, 0.25) is 0 Å². The maximum atomic E-state index is 13.3. The van der Waals surface area contributed by atoms with Crippen molar-refractivity contribution in [2.24, 2.45) is 4.99 Å². The van der Waals surface area contributed by atoms with Gasteiger partial charge in [0.15, 0.2) is 5.96 Å². The van der Waals surface area contributed by atoms with E-state index in [1.165, 1.54) is 12.1 Å². The molecule has 1 unspecified atom stereocenters. The van der Waals surface area contributed by atoms with Crippen LogP contribution in [0.15, 0.2) is 53.7 Å². The lowest BCUT2D eigenvalue weighted by atomic mass is 9.88. The Morgan fingerprint density at radius 2 is 1.84 bits per heavy atom. The molecule has 13 heteroatoms. The predicted octanol–water partition coefficient (Wildman–Crippen LogP) is 3.86. The first kappa shape index (κ1) is 28.3. The molecule has 0 saturated heterocycles. The van der Waals surface area contributed by atoms with Gasteiger partial charge >= 0.3 is 18.1 Å². The number of aromatic nitrogens is 1. The Kier molecular flexibility index (Phi) is 9.52. The van der Waals surface area contributed by atoms with Gasteiger partial charge in [0, 0.05) is 42.2 Å². The van der Waals surface area contributed by atoms with E-state index < -0.39 is 18.1 Å². The minimum atomic E-state index is -5.08. The third-order valence-corrected chi connectivity index (χ3v) is 5.51. The van der Waals surface area contributed by atoms with Crippen LogP contribution in [0.4, 0.5) is 17.6 Å². The van der Waals surface area contributed by atoms with Gasteiger partial charge in [0.05, 0.1) is 19.6 Å². The molecule has 0 spiro atoms. The topological polar surface area (TPSA) is 136 Å². The maximum Gasteiger partial charge on any atom is 0.490 e. The van der Waals surface area contributed by atoms with E-state index in [0.717, 1.165) is 59.8 Å². The average Bonchev–Trinajstić information content (AvgIpc) is 3.52. The molecule has 1 aliphatic heterocycles. The van der Waals surface area contributed by atoms with Crippen LogP contribution in [0.2, 0.25) is 0 Å². The highest BCUT2D eigenvalue weighted by molar-refractivity contribution is 5.86. The largest absolute Gasteiger partial charge is 0.493 e. The molecule has 38 heavy (non-hydrogen) atoms. The molecule has 3 aromatic rings. The van der Waals surface area contributed by atoms with Gasteiger partial charge in [-0.25, -0.2) is 9.18 Å². The summed E-state index contributed by atoms with van der Waals surface area (Å²) in [4.78, 5) is 27.9. The zero-order valence-corrected chi connectivity index (χ0v) is 20.0. The number of hydrogen-bond donors (Lipinski definition) is 5. The van der Waals surface area contributed by atoms with Crippen molar-refractivity contribution in [1.29, 1.82) is 0 Å². The number of halogens is 4. The van der Waals surface area contributed by atoms with E-state index in [9.17, 15) is 27.5 Å². The Morgan fingerprint density at radius 1 is 1.13 bits per heavy atom. The lowest BCUT2D eigenvalue weighted by Gasteiger charge is -2.15. The van der Waals surface area contributed by atoms with Gasteiger partial charge in [0.1, 0.15) is 11.6 Å². The van der Waals surface area contributed by atoms with Crippen molar-refractivity contribution in [3.63, 3.8) is 0 Å². The minimum absolute atomic E-state index is 0.0794. The van der Waals surface area contributed by atoms with Crippen molar-refractivity contribution in [3.8, 4) is 5.75 Å². The highest BCUT2D eigenvalue weighted by Gasteiger charge is 2.38. The Morgan fingerprint density at radius 3 is 2.45 bits per heavy atom. The second-order valence-electron chi connectivity index (χ2n) is 8.24. The molecule has 204 valence electrons. The Hall–Kier alpha value is -4.29. The van der Waals surface area contributed by atoms with E-state index in [-0.39, 0.29) is 18.2 Å². The fourth-order valence-electron chi connectivity index (χ4n) is 3.77. The van der Waals surface area contributed by atoms with E-state index in [1.54, 1.807) is 12.1 Å². The molecule has 9 nitrogen and oxygen atoms in total. The second kappa shape index (κ2) is 12.8. The molecule has 1 aliphatic rings. The van der Waals surface area contributed by atoms with Crippen LogP contribution in [0.3, 0.4) is 0 Å². The lowest BCUT2D eigenvalue weighted by molar-refractivity contribution is -0.192. The quantitative estimate of drug-likeness (QED) is 0.206. The molecule has 0 bridgehead atoms. The molecule has 5 N–H and O–H groups in total. The van der Waals surface area contributed by atoms with E-state index in [2.05, 4.69) is 20.6 Å². The summed E-state index contributed by atoms with van der Waals surface area (Å²) in [5.74, 6) is -2.80. The average molecular weight is 538 g/mol. The van der Waals surface area contributed by atoms with Crippen molar-refractivity contribution in [3.05, 3.63) is 65.6 Å². The number of aromatic amines is 1. The summed E-state index contributed by atoms with van der Waals surface area (Å²) in [5.41, 5.74) is 2.50. The normalized spacial score (nSPS) is 13.6.